The van der Waals surface area contributed by atoms with Crippen LogP contribution in [0.1, 0.15) is 32.6 Å². The zero-order valence-electron chi connectivity index (χ0n) is 15.7. The predicted octanol–water partition coefficient (Wildman–Crippen LogP) is 5.13. The van der Waals surface area contributed by atoms with E-state index >= 15 is 0 Å². The number of carbonyl (C=O) groups excluding carboxylic acids is 1. The van der Waals surface area contributed by atoms with Gasteiger partial charge in [0.2, 0.25) is 0 Å². The summed E-state index contributed by atoms with van der Waals surface area (Å²) in [6, 6.07) is 14.1. The highest BCUT2D eigenvalue weighted by Crippen LogP contribution is 2.31. The second-order valence-electron chi connectivity index (χ2n) is 6.79. The average Bonchev–Trinajstić information content (AvgIpc) is 3.07. The Hall–Kier alpha value is -2.66. The van der Waals surface area contributed by atoms with Crippen LogP contribution in [-0.4, -0.2) is 18.6 Å². The average molecular weight is 388 g/mol. The Morgan fingerprint density at radius 2 is 1.89 bits per heavy atom. The van der Waals surface area contributed by atoms with Gasteiger partial charge < -0.3 is 19.2 Å². The number of hydrogen-bond acceptors (Lipinski definition) is 4. The van der Waals surface area contributed by atoms with Gasteiger partial charge >= 0.3 is 0 Å². The van der Waals surface area contributed by atoms with Gasteiger partial charge in [-0.05, 0) is 57.2 Å². The lowest BCUT2D eigenvalue weighted by atomic mass is 10.1. The van der Waals surface area contributed by atoms with Gasteiger partial charge in [0.25, 0.3) is 5.91 Å². The summed E-state index contributed by atoms with van der Waals surface area (Å²) in [6.45, 7) is 5.29. The van der Waals surface area contributed by atoms with Crippen molar-refractivity contribution in [1.29, 1.82) is 0 Å². The number of halogens is 1. The van der Waals surface area contributed by atoms with Crippen molar-refractivity contribution in [2.24, 2.45) is 0 Å². The standard InChI is InChI=1S/C21H22ClNO4/c1-13(18-12-14-6-5-7-17(25-4)19(14)26-18)23-20(24)21(2,3)27-16-10-8-15(22)9-11-16/h5-13H,1-4H3,(H,23,24). The van der Waals surface area contributed by atoms with Crippen molar-refractivity contribution in [1.82, 2.24) is 5.32 Å². The van der Waals surface area contributed by atoms with Crippen LogP contribution in [0.2, 0.25) is 5.02 Å². The van der Waals surface area contributed by atoms with Gasteiger partial charge in [-0.3, -0.25) is 4.79 Å². The van der Waals surface area contributed by atoms with E-state index in [2.05, 4.69) is 5.32 Å². The Labute approximate surface area is 163 Å². The molecule has 1 unspecified atom stereocenters. The molecule has 0 radical (unpaired) electrons. The molecule has 1 atom stereocenters. The molecule has 2 aromatic carbocycles. The lowest BCUT2D eigenvalue weighted by Gasteiger charge is -2.26. The first-order valence-corrected chi connectivity index (χ1v) is 9.00. The molecule has 0 bridgehead atoms. The molecule has 0 saturated heterocycles. The van der Waals surface area contributed by atoms with Crippen molar-refractivity contribution in [3.63, 3.8) is 0 Å². The van der Waals surface area contributed by atoms with Gasteiger partial charge in [0.15, 0.2) is 16.9 Å². The minimum atomic E-state index is -1.06. The quantitative estimate of drug-likeness (QED) is 0.637. The monoisotopic (exact) mass is 387 g/mol. The van der Waals surface area contributed by atoms with Crippen molar-refractivity contribution >= 4 is 28.5 Å². The number of ether oxygens (including phenoxy) is 2. The number of benzene rings is 2. The molecular formula is C21H22ClNO4. The maximum Gasteiger partial charge on any atom is 0.264 e. The van der Waals surface area contributed by atoms with Gasteiger partial charge in [0.05, 0.1) is 13.2 Å². The summed E-state index contributed by atoms with van der Waals surface area (Å²) >= 11 is 5.88. The summed E-state index contributed by atoms with van der Waals surface area (Å²) < 4.78 is 17.1. The molecule has 0 saturated carbocycles. The van der Waals surface area contributed by atoms with E-state index in [0.717, 1.165) is 5.39 Å². The van der Waals surface area contributed by atoms with Crippen LogP contribution in [0.15, 0.2) is 52.9 Å². The zero-order chi connectivity index (χ0) is 19.6. The Morgan fingerprint density at radius 1 is 1.19 bits per heavy atom. The molecule has 27 heavy (non-hydrogen) atoms. The van der Waals surface area contributed by atoms with E-state index in [-0.39, 0.29) is 11.9 Å². The van der Waals surface area contributed by atoms with Gasteiger partial charge in [-0.2, -0.15) is 0 Å². The number of para-hydroxylation sites is 1. The maximum absolute atomic E-state index is 12.7. The van der Waals surface area contributed by atoms with E-state index < -0.39 is 5.60 Å². The zero-order valence-corrected chi connectivity index (χ0v) is 16.5. The lowest BCUT2D eigenvalue weighted by Crippen LogP contribution is -2.47. The Morgan fingerprint density at radius 3 is 2.56 bits per heavy atom. The van der Waals surface area contributed by atoms with Crippen molar-refractivity contribution in [3.05, 3.63) is 59.3 Å². The topological polar surface area (TPSA) is 60.7 Å². The molecule has 6 heteroatoms. The Kier molecular flexibility index (Phi) is 5.33. The van der Waals surface area contributed by atoms with Crippen LogP contribution in [0, 0.1) is 0 Å². The van der Waals surface area contributed by atoms with Crippen LogP contribution in [0.25, 0.3) is 11.0 Å². The summed E-state index contributed by atoms with van der Waals surface area (Å²) in [7, 11) is 1.60. The molecule has 1 aromatic heterocycles. The Bertz CT molecular complexity index is 946. The largest absolute Gasteiger partial charge is 0.493 e. The molecule has 142 valence electrons. The van der Waals surface area contributed by atoms with Crippen LogP contribution in [0.4, 0.5) is 0 Å². The molecule has 0 aliphatic rings. The van der Waals surface area contributed by atoms with Gasteiger partial charge in [-0.15, -0.1) is 0 Å². The molecular weight excluding hydrogens is 366 g/mol. The van der Waals surface area contributed by atoms with E-state index in [0.29, 0.717) is 27.9 Å². The first-order chi connectivity index (χ1) is 12.8. The van der Waals surface area contributed by atoms with Gasteiger partial charge in [-0.1, -0.05) is 23.7 Å². The molecule has 1 heterocycles. The van der Waals surface area contributed by atoms with Crippen LogP contribution in [-0.2, 0) is 4.79 Å². The van der Waals surface area contributed by atoms with E-state index in [4.69, 9.17) is 25.5 Å². The summed E-state index contributed by atoms with van der Waals surface area (Å²) in [4.78, 5) is 12.7. The van der Waals surface area contributed by atoms with Crippen LogP contribution >= 0.6 is 11.6 Å². The fraction of sp³-hybridized carbons (Fsp3) is 0.286. The van der Waals surface area contributed by atoms with Crippen molar-refractivity contribution in [2.75, 3.05) is 7.11 Å². The normalized spacial score (nSPS) is 12.6. The number of furan rings is 1. The molecule has 0 aliphatic heterocycles. The highest BCUT2D eigenvalue weighted by Gasteiger charge is 2.31. The van der Waals surface area contributed by atoms with Crippen LogP contribution < -0.4 is 14.8 Å². The highest BCUT2D eigenvalue weighted by molar-refractivity contribution is 6.30. The molecule has 0 aliphatic carbocycles. The van der Waals surface area contributed by atoms with Crippen LogP contribution in [0.3, 0.4) is 0 Å². The number of methoxy groups -OCH3 is 1. The molecule has 5 nitrogen and oxygen atoms in total. The summed E-state index contributed by atoms with van der Waals surface area (Å²) in [5.74, 6) is 1.62. The van der Waals surface area contributed by atoms with Gasteiger partial charge in [-0.25, -0.2) is 0 Å². The summed E-state index contributed by atoms with van der Waals surface area (Å²) in [6.07, 6.45) is 0. The van der Waals surface area contributed by atoms with Gasteiger partial charge in [0.1, 0.15) is 11.5 Å². The number of hydrogen-bond donors (Lipinski definition) is 1. The first kappa shape index (κ1) is 19.1. The third kappa shape index (κ3) is 4.19. The Balaban J connectivity index is 1.73. The summed E-state index contributed by atoms with van der Waals surface area (Å²) in [5, 5.41) is 4.47. The minimum Gasteiger partial charge on any atom is -0.493 e. The van der Waals surface area contributed by atoms with Crippen molar-refractivity contribution in [3.8, 4) is 11.5 Å². The highest BCUT2D eigenvalue weighted by atomic mass is 35.5. The molecule has 0 spiro atoms. The second-order valence-corrected chi connectivity index (χ2v) is 7.23. The third-order valence-corrected chi connectivity index (χ3v) is 4.51. The molecule has 1 amide bonds. The number of fused-ring (bicyclic) bond motifs is 1. The summed E-state index contributed by atoms with van der Waals surface area (Å²) in [5.41, 5.74) is -0.404. The fourth-order valence-corrected chi connectivity index (χ4v) is 2.84. The van der Waals surface area contributed by atoms with Crippen LogP contribution in [0.5, 0.6) is 11.5 Å². The van der Waals surface area contributed by atoms with E-state index in [1.807, 2.05) is 31.2 Å². The van der Waals surface area contributed by atoms with E-state index in [9.17, 15) is 4.79 Å². The van der Waals surface area contributed by atoms with E-state index in [1.165, 1.54) is 0 Å². The smallest absolute Gasteiger partial charge is 0.264 e. The fourth-order valence-electron chi connectivity index (χ4n) is 2.72. The predicted molar refractivity (Wildman–Crippen MR) is 105 cm³/mol. The SMILES string of the molecule is COc1cccc2cc(C(C)NC(=O)C(C)(C)Oc3ccc(Cl)cc3)oc12. The number of rotatable bonds is 6. The molecule has 3 rings (SSSR count). The first-order valence-electron chi connectivity index (χ1n) is 8.62. The molecule has 1 N–H and O–H groups in total. The third-order valence-electron chi connectivity index (χ3n) is 4.25. The maximum atomic E-state index is 12.7. The lowest BCUT2D eigenvalue weighted by molar-refractivity contribution is -0.135. The second kappa shape index (κ2) is 7.53. The number of carbonyl (C=O) groups is 1. The van der Waals surface area contributed by atoms with Gasteiger partial charge in [0, 0.05) is 10.4 Å². The number of nitrogens with one attached hydrogen (secondary N) is 1. The molecule has 0 fully saturated rings. The van der Waals surface area contributed by atoms with E-state index in [1.54, 1.807) is 45.2 Å². The minimum absolute atomic E-state index is 0.252. The number of amides is 1. The van der Waals surface area contributed by atoms with Crippen molar-refractivity contribution in [2.45, 2.75) is 32.4 Å². The van der Waals surface area contributed by atoms with Crippen molar-refractivity contribution < 1.29 is 18.7 Å². The molecule has 3 aromatic rings.